The fourth-order valence-electron chi connectivity index (χ4n) is 5.82. The number of aliphatic hydroxyl groups is 1. The predicted octanol–water partition coefficient (Wildman–Crippen LogP) is 2.58. The largest absolute Gasteiger partial charge is 0.495 e. The van der Waals surface area contributed by atoms with Crippen molar-refractivity contribution in [3.8, 4) is 5.75 Å². The van der Waals surface area contributed by atoms with Crippen LogP contribution in [0.25, 0.3) is 0 Å². The number of nitrogens with two attached hydrogens (primary N) is 1. The molecule has 0 saturated carbocycles. The third-order valence-electron chi connectivity index (χ3n) is 7.79. The summed E-state index contributed by atoms with van der Waals surface area (Å²) in [5.74, 6) is 0.612. The number of aliphatic hydroxyl groups excluding tert-OH is 1. The van der Waals surface area contributed by atoms with Gasteiger partial charge in [0.2, 0.25) is 0 Å². The summed E-state index contributed by atoms with van der Waals surface area (Å²) in [7, 11) is 1.54. The lowest BCUT2D eigenvalue weighted by atomic mass is 9.52. The van der Waals surface area contributed by atoms with Crippen molar-refractivity contribution in [3.05, 3.63) is 64.0 Å². The summed E-state index contributed by atoms with van der Waals surface area (Å²) in [6.45, 7) is 8.18. The van der Waals surface area contributed by atoms with Gasteiger partial charge in [0, 0.05) is 16.9 Å². The molecule has 2 aliphatic heterocycles. The summed E-state index contributed by atoms with van der Waals surface area (Å²) in [6.07, 6.45) is 5.47. The van der Waals surface area contributed by atoms with E-state index < -0.39 is 28.7 Å². The maximum Gasteiger partial charge on any atom is 0.332 e. The zero-order chi connectivity index (χ0) is 24.6. The number of carbonyl (C=O) groups is 2. The number of urea groups is 1. The zero-order valence-electron chi connectivity index (χ0n) is 19.8. The number of rotatable bonds is 2. The highest BCUT2D eigenvalue weighted by molar-refractivity contribution is 6.07. The minimum atomic E-state index is -1.15. The molecule has 9 heteroatoms. The quantitative estimate of drug-likeness (QED) is 0.499. The fourth-order valence-corrected chi connectivity index (χ4v) is 5.82. The number of nitrogens with zero attached hydrogens (tertiary/aromatic N) is 1. The summed E-state index contributed by atoms with van der Waals surface area (Å²) in [5.41, 5.74) is 9.69. The van der Waals surface area contributed by atoms with Crippen molar-refractivity contribution in [2.45, 2.75) is 45.9 Å². The highest BCUT2D eigenvalue weighted by Gasteiger charge is 2.63. The van der Waals surface area contributed by atoms with Gasteiger partial charge in [0.15, 0.2) is 11.8 Å². The average molecular weight is 465 g/mol. The van der Waals surface area contributed by atoms with E-state index in [4.69, 9.17) is 15.2 Å². The van der Waals surface area contributed by atoms with Crippen LogP contribution >= 0.6 is 0 Å². The Hall–Kier alpha value is -3.59. The van der Waals surface area contributed by atoms with Crippen LogP contribution in [0.1, 0.15) is 55.4 Å². The second-order valence-electron chi connectivity index (χ2n) is 9.94. The van der Waals surface area contributed by atoms with E-state index in [-0.39, 0.29) is 5.91 Å². The van der Waals surface area contributed by atoms with Crippen molar-refractivity contribution in [1.82, 2.24) is 10.7 Å². The smallest absolute Gasteiger partial charge is 0.332 e. The number of fused-ring (bicyclic) bond motifs is 3. The Morgan fingerprint density at radius 2 is 2.06 bits per heavy atom. The molecule has 9 nitrogen and oxygen atoms in total. The van der Waals surface area contributed by atoms with Crippen LogP contribution in [0.5, 0.6) is 5.75 Å². The van der Waals surface area contributed by atoms with Gasteiger partial charge < -0.3 is 25.6 Å². The third kappa shape index (κ3) is 2.67. The van der Waals surface area contributed by atoms with Crippen molar-refractivity contribution >= 4 is 17.6 Å². The molecule has 1 aromatic carbocycles. The zero-order valence-corrected chi connectivity index (χ0v) is 19.8. The second-order valence-corrected chi connectivity index (χ2v) is 9.94. The molecule has 3 unspecified atom stereocenters. The lowest BCUT2D eigenvalue weighted by Crippen LogP contribution is -2.62. The standard InChI is InChI=1S/C25H28N4O5/c1-12-6-9-16-23(2,3)19(28-29-22(26)32)15(33-5)11-25(16)24(12,4)10-13-7-8-14-17(18(13)34-25)21(31)27-20(14)30/h6-9,11,21,31H,10H2,1-5H3,(H,27,30)(H3,26,29,32). The number of ether oxygens (including phenoxy) is 2. The minimum absolute atomic E-state index is 0.334. The molecule has 5 rings (SSSR count). The van der Waals surface area contributed by atoms with Gasteiger partial charge >= 0.3 is 6.03 Å². The highest BCUT2D eigenvalue weighted by Crippen LogP contribution is 2.62. The molecular formula is C25H28N4O5. The number of amides is 3. The number of allylic oxidation sites excluding steroid dienone is 3. The van der Waals surface area contributed by atoms with Crippen LogP contribution in [0.15, 0.2) is 52.4 Å². The van der Waals surface area contributed by atoms with Crippen molar-refractivity contribution in [1.29, 1.82) is 0 Å². The summed E-state index contributed by atoms with van der Waals surface area (Å²) in [5, 5.41) is 17.5. The Morgan fingerprint density at radius 1 is 1.32 bits per heavy atom. The van der Waals surface area contributed by atoms with E-state index in [0.29, 0.717) is 34.8 Å². The molecule has 2 heterocycles. The van der Waals surface area contributed by atoms with E-state index in [1.165, 1.54) is 7.11 Å². The van der Waals surface area contributed by atoms with Gasteiger partial charge in [0.1, 0.15) is 17.2 Å². The van der Waals surface area contributed by atoms with Crippen LogP contribution in [-0.4, -0.2) is 35.5 Å². The van der Waals surface area contributed by atoms with Gasteiger partial charge in [0.05, 0.1) is 18.2 Å². The van der Waals surface area contributed by atoms with Crippen LogP contribution in [-0.2, 0) is 11.2 Å². The first-order valence-electron chi connectivity index (χ1n) is 11.1. The normalized spacial score (nSPS) is 31.5. The molecule has 178 valence electrons. The molecule has 0 bridgehead atoms. The van der Waals surface area contributed by atoms with E-state index in [9.17, 15) is 14.7 Å². The van der Waals surface area contributed by atoms with Gasteiger partial charge in [-0.3, -0.25) is 4.79 Å². The maximum atomic E-state index is 12.4. The lowest BCUT2D eigenvalue weighted by molar-refractivity contribution is 0.00369. The van der Waals surface area contributed by atoms with Gasteiger partial charge in [-0.1, -0.05) is 44.6 Å². The van der Waals surface area contributed by atoms with Crippen LogP contribution in [0, 0.1) is 10.8 Å². The number of carbonyl (C=O) groups excluding carboxylic acids is 2. The van der Waals surface area contributed by atoms with E-state index in [1.54, 1.807) is 6.07 Å². The first kappa shape index (κ1) is 22.2. The maximum absolute atomic E-state index is 12.4. The van der Waals surface area contributed by atoms with E-state index in [2.05, 4.69) is 35.8 Å². The summed E-state index contributed by atoms with van der Waals surface area (Å²) in [6, 6.07) is 2.86. The molecule has 0 aromatic heterocycles. The Bertz CT molecular complexity index is 1270. The Balaban J connectivity index is 1.79. The molecule has 5 N–H and O–H groups in total. The van der Waals surface area contributed by atoms with Crippen molar-refractivity contribution in [2.24, 2.45) is 21.7 Å². The minimum Gasteiger partial charge on any atom is -0.495 e. The molecule has 3 amide bonds. The summed E-state index contributed by atoms with van der Waals surface area (Å²) < 4.78 is 12.7. The molecule has 34 heavy (non-hydrogen) atoms. The lowest BCUT2D eigenvalue weighted by Gasteiger charge is -2.58. The number of nitrogens with one attached hydrogen (secondary N) is 2. The molecule has 1 aromatic rings. The molecule has 0 saturated heterocycles. The fraction of sp³-hybridized carbons (Fsp3) is 0.400. The predicted molar refractivity (Wildman–Crippen MR) is 125 cm³/mol. The topological polar surface area (TPSA) is 135 Å². The molecule has 3 atom stereocenters. The van der Waals surface area contributed by atoms with Crippen LogP contribution in [0.3, 0.4) is 0 Å². The molecule has 2 aliphatic carbocycles. The molecule has 1 spiro atoms. The van der Waals surface area contributed by atoms with Gasteiger partial charge in [-0.2, -0.15) is 5.10 Å². The third-order valence-corrected chi connectivity index (χ3v) is 7.79. The summed E-state index contributed by atoms with van der Waals surface area (Å²) in [4.78, 5) is 23.8. The number of hydrazone groups is 1. The van der Waals surface area contributed by atoms with Gasteiger partial charge in [-0.25, -0.2) is 10.2 Å². The van der Waals surface area contributed by atoms with Crippen LogP contribution < -0.4 is 21.2 Å². The number of methoxy groups -OCH3 is 1. The Kier molecular flexibility index (Phi) is 4.55. The van der Waals surface area contributed by atoms with Gasteiger partial charge in [-0.15, -0.1) is 0 Å². The molecular weight excluding hydrogens is 436 g/mol. The van der Waals surface area contributed by atoms with E-state index in [0.717, 1.165) is 16.7 Å². The highest BCUT2D eigenvalue weighted by atomic mass is 16.5. The molecule has 0 fully saturated rings. The van der Waals surface area contributed by atoms with E-state index in [1.807, 2.05) is 32.1 Å². The first-order valence-corrected chi connectivity index (χ1v) is 11.1. The average Bonchev–Trinajstić information content (AvgIpc) is 3.05. The number of benzene rings is 1. The van der Waals surface area contributed by atoms with Crippen molar-refractivity contribution in [2.75, 3.05) is 7.11 Å². The van der Waals surface area contributed by atoms with Gasteiger partial charge in [0.25, 0.3) is 5.91 Å². The summed E-state index contributed by atoms with van der Waals surface area (Å²) >= 11 is 0. The van der Waals surface area contributed by atoms with Crippen molar-refractivity contribution < 1.29 is 24.2 Å². The van der Waals surface area contributed by atoms with Crippen LogP contribution in [0.2, 0.25) is 0 Å². The first-order chi connectivity index (χ1) is 16.0. The van der Waals surface area contributed by atoms with E-state index >= 15 is 0 Å². The molecule has 0 radical (unpaired) electrons. The van der Waals surface area contributed by atoms with Gasteiger partial charge in [-0.05, 0) is 30.5 Å². The molecule has 4 aliphatic rings. The second kappa shape index (κ2) is 6.96. The van der Waals surface area contributed by atoms with Crippen LogP contribution in [0.4, 0.5) is 4.79 Å². The monoisotopic (exact) mass is 464 g/mol. The Labute approximate surface area is 197 Å². The Morgan fingerprint density at radius 3 is 2.74 bits per heavy atom. The number of primary amides is 1. The number of hydrogen-bond acceptors (Lipinski definition) is 6. The van der Waals surface area contributed by atoms with Crippen molar-refractivity contribution in [3.63, 3.8) is 0 Å². The number of hydrogen-bond donors (Lipinski definition) is 4. The SMILES string of the molecule is COC1=CC23Oc4c(ccc5c4C(O)NC5=O)CC2(C)C(C)=CC=C3C(C)(C)C1=NNC(N)=O.